The van der Waals surface area contributed by atoms with Gasteiger partial charge in [0.2, 0.25) is 0 Å². The van der Waals surface area contributed by atoms with Crippen LogP contribution in [0.15, 0.2) is 30.7 Å². The van der Waals surface area contributed by atoms with Gasteiger partial charge in [-0.2, -0.15) is 0 Å². The maximum Gasteiger partial charge on any atom is 0.321 e. The third kappa shape index (κ3) is 3.26. The molecule has 0 unspecified atom stereocenters. The van der Waals surface area contributed by atoms with Gasteiger partial charge in [0.05, 0.1) is 5.69 Å². The maximum atomic E-state index is 5.60. The monoisotopic (exact) mass is 256 g/mol. The minimum absolute atomic E-state index is 0.353. The van der Waals surface area contributed by atoms with Crippen LogP contribution in [0.25, 0.3) is 0 Å². The number of hydrogen-bond acceptors (Lipinski definition) is 5. The zero-order chi connectivity index (χ0) is 13.1. The Morgan fingerprint density at radius 3 is 2.74 bits per heavy atom. The standard InChI is InChI=1S/C14H16N4O/c1-10-13(3-2-6-15-10)19-14-17-8-11(9-18-14)7-16-12-4-5-12/h2-3,6,8-9,12,16H,4-5,7H2,1H3. The number of hydrogen-bond donors (Lipinski definition) is 1. The van der Waals surface area contributed by atoms with Crippen LogP contribution in [0.5, 0.6) is 11.8 Å². The van der Waals surface area contributed by atoms with E-state index in [9.17, 15) is 0 Å². The first-order valence-electron chi connectivity index (χ1n) is 6.45. The molecule has 19 heavy (non-hydrogen) atoms. The van der Waals surface area contributed by atoms with Crippen LogP contribution in [0.2, 0.25) is 0 Å². The Labute approximate surface area is 112 Å². The molecule has 3 rings (SSSR count). The molecule has 2 heterocycles. The molecule has 0 amide bonds. The molecule has 5 nitrogen and oxygen atoms in total. The van der Waals surface area contributed by atoms with E-state index >= 15 is 0 Å². The van der Waals surface area contributed by atoms with E-state index in [4.69, 9.17) is 4.74 Å². The summed E-state index contributed by atoms with van der Waals surface area (Å²) in [6.07, 6.45) is 7.88. The van der Waals surface area contributed by atoms with Gasteiger partial charge in [0.25, 0.3) is 0 Å². The van der Waals surface area contributed by atoms with Gasteiger partial charge >= 0.3 is 6.01 Å². The van der Waals surface area contributed by atoms with Crippen LogP contribution >= 0.6 is 0 Å². The van der Waals surface area contributed by atoms with Crippen molar-refractivity contribution in [3.05, 3.63) is 42.0 Å². The lowest BCUT2D eigenvalue weighted by atomic mass is 10.3. The summed E-state index contributed by atoms with van der Waals surface area (Å²) in [5, 5.41) is 3.42. The number of ether oxygens (including phenoxy) is 1. The summed E-state index contributed by atoms with van der Waals surface area (Å²) in [7, 11) is 0. The fourth-order valence-electron chi connectivity index (χ4n) is 1.71. The molecule has 0 atom stereocenters. The van der Waals surface area contributed by atoms with E-state index in [1.54, 1.807) is 18.6 Å². The Bertz CT molecular complexity index is 552. The lowest BCUT2D eigenvalue weighted by Gasteiger charge is -2.06. The number of nitrogens with one attached hydrogen (secondary N) is 1. The van der Waals surface area contributed by atoms with E-state index < -0.39 is 0 Å². The first kappa shape index (κ1) is 12.0. The number of aromatic nitrogens is 3. The normalized spacial score (nSPS) is 14.4. The number of pyridine rings is 1. The highest BCUT2D eigenvalue weighted by Gasteiger charge is 2.19. The van der Waals surface area contributed by atoms with E-state index in [-0.39, 0.29) is 0 Å². The molecule has 5 heteroatoms. The van der Waals surface area contributed by atoms with Gasteiger partial charge in [0.15, 0.2) is 5.75 Å². The van der Waals surface area contributed by atoms with Crippen molar-refractivity contribution in [3.8, 4) is 11.8 Å². The van der Waals surface area contributed by atoms with Crippen molar-refractivity contribution >= 4 is 0 Å². The second-order valence-corrected chi connectivity index (χ2v) is 4.72. The molecule has 1 aliphatic carbocycles. The van der Waals surface area contributed by atoms with Crippen molar-refractivity contribution in [3.63, 3.8) is 0 Å². The fraction of sp³-hybridized carbons (Fsp3) is 0.357. The molecule has 98 valence electrons. The Kier molecular flexibility index (Phi) is 3.37. The molecular weight excluding hydrogens is 240 g/mol. The Hall–Kier alpha value is -2.01. The first-order chi connectivity index (χ1) is 9.31. The van der Waals surface area contributed by atoms with Gasteiger partial charge in [-0.25, -0.2) is 9.97 Å². The molecule has 0 aliphatic heterocycles. The SMILES string of the molecule is Cc1ncccc1Oc1ncc(CNC2CC2)cn1. The summed E-state index contributed by atoms with van der Waals surface area (Å²) in [6, 6.07) is 4.73. The third-order valence-electron chi connectivity index (χ3n) is 3.01. The molecule has 0 aromatic carbocycles. The molecule has 0 spiro atoms. The average molecular weight is 256 g/mol. The van der Waals surface area contributed by atoms with Gasteiger partial charge in [-0.3, -0.25) is 4.98 Å². The fourth-order valence-corrected chi connectivity index (χ4v) is 1.71. The average Bonchev–Trinajstić information content (AvgIpc) is 3.25. The largest absolute Gasteiger partial charge is 0.422 e. The van der Waals surface area contributed by atoms with Crippen LogP contribution in [-0.2, 0) is 6.54 Å². The van der Waals surface area contributed by atoms with Gasteiger partial charge in [-0.15, -0.1) is 0 Å². The highest BCUT2D eigenvalue weighted by atomic mass is 16.5. The molecule has 0 radical (unpaired) electrons. The van der Waals surface area contributed by atoms with E-state index in [1.807, 2.05) is 19.1 Å². The molecule has 0 saturated heterocycles. The van der Waals surface area contributed by atoms with Crippen molar-refractivity contribution < 1.29 is 4.74 Å². The van der Waals surface area contributed by atoms with E-state index in [1.165, 1.54) is 12.8 Å². The predicted octanol–water partition coefficient (Wildman–Crippen LogP) is 2.22. The van der Waals surface area contributed by atoms with E-state index in [0.29, 0.717) is 17.8 Å². The molecule has 1 aliphatic rings. The molecule has 0 bridgehead atoms. The number of rotatable bonds is 5. The second-order valence-electron chi connectivity index (χ2n) is 4.72. The van der Waals surface area contributed by atoms with E-state index in [0.717, 1.165) is 17.8 Å². The topological polar surface area (TPSA) is 59.9 Å². The molecular formula is C14H16N4O. The third-order valence-corrected chi connectivity index (χ3v) is 3.01. The quantitative estimate of drug-likeness (QED) is 0.888. The number of nitrogens with zero attached hydrogens (tertiary/aromatic N) is 3. The highest BCUT2D eigenvalue weighted by Crippen LogP contribution is 2.21. The number of aryl methyl sites for hydroxylation is 1. The summed E-state index contributed by atoms with van der Waals surface area (Å²) >= 11 is 0. The zero-order valence-electron chi connectivity index (χ0n) is 10.8. The second kappa shape index (κ2) is 5.32. The molecule has 1 N–H and O–H groups in total. The van der Waals surface area contributed by atoms with Gasteiger partial charge in [0.1, 0.15) is 0 Å². The highest BCUT2D eigenvalue weighted by molar-refractivity contribution is 5.28. The predicted molar refractivity (Wildman–Crippen MR) is 70.9 cm³/mol. The van der Waals surface area contributed by atoms with Crippen LogP contribution in [-0.4, -0.2) is 21.0 Å². The van der Waals surface area contributed by atoms with Crippen LogP contribution in [0.3, 0.4) is 0 Å². The van der Waals surface area contributed by atoms with E-state index in [2.05, 4.69) is 20.3 Å². The first-order valence-corrected chi connectivity index (χ1v) is 6.45. The summed E-state index contributed by atoms with van der Waals surface area (Å²) in [5.41, 5.74) is 1.90. The maximum absolute atomic E-state index is 5.60. The molecule has 1 saturated carbocycles. The van der Waals surface area contributed by atoms with Gasteiger partial charge in [0, 0.05) is 36.7 Å². The Morgan fingerprint density at radius 1 is 1.26 bits per heavy atom. The smallest absolute Gasteiger partial charge is 0.321 e. The van der Waals surface area contributed by atoms with Gasteiger partial charge in [-0.05, 0) is 31.9 Å². The van der Waals surface area contributed by atoms with Crippen molar-refractivity contribution in [1.82, 2.24) is 20.3 Å². The Morgan fingerprint density at radius 2 is 2.05 bits per heavy atom. The minimum Gasteiger partial charge on any atom is -0.422 e. The Balaban J connectivity index is 1.63. The molecule has 2 aromatic rings. The van der Waals surface area contributed by atoms with Crippen molar-refractivity contribution in [1.29, 1.82) is 0 Å². The van der Waals surface area contributed by atoms with Crippen molar-refractivity contribution in [2.45, 2.75) is 32.4 Å². The molecule has 2 aromatic heterocycles. The van der Waals surface area contributed by atoms with Crippen LogP contribution in [0.1, 0.15) is 24.1 Å². The summed E-state index contributed by atoms with van der Waals surface area (Å²) in [4.78, 5) is 12.6. The van der Waals surface area contributed by atoms with Crippen LogP contribution < -0.4 is 10.1 Å². The van der Waals surface area contributed by atoms with Crippen molar-refractivity contribution in [2.24, 2.45) is 0 Å². The summed E-state index contributed by atoms with van der Waals surface area (Å²) in [5.74, 6) is 0.686. The lowest BCUT2D eigenvalue weighted by Crippen LogP contribution is -2.15. The van der Waals surface area contributed by atoms with Crippen LogP contribution in [0, 0.1) is 6.92 Å². The zero-order valence-corrected chi connectivity index (χ0v) is 10.8. The summed E-state index contributed by atoms with van der Waals surface area (Å²) in [6.45, 7) is 2.71. The van der Waals surface area contributed by atoms with Gasteiger partial charge in [-0.1, -0.05) is 0 Å². The lowest BCUT2D eigenvalue weighted by molar-refractivity contribution is 0.435. The summed E-state index contributed by atoms with van der Waals surface area (Å²) < 4.78 is 5.60. The van der Waals surface area contributed by atoms with Gasteiger partial charge < -0.3 is 10.1 Å². The minimum atomic E-state index is 0.353. The van der Waals surface area contributed by atoms with Crippen LogP contribution in [0.4, 0.5) is 0 Å². The van der Waals surface area contributed by atoms with Crippen molar-refractivity contribution in [2.75, 3.05) is 0 Å². The molecule has 1 fully saturated rings.